The van der Waals surface area contributed by atoms with Gasteiger partial charge in [0.1, 0.15) is 5.75 Å². The van der Waals surface area contributed by atoms with Crippen molar-refractivity contribution in [3.8, 4) is 5.75 Å². The third kappa shape index (κ3) is 3.89. The SMILES string of the molecule is N[C@@H](c1cccc(OC(F)(F)C(F)F)c1)[C@H](O)C1CCCC1. The summed E-state index contributed by atoms with van der Waals surface area (Å²) < 4.78 is 54.2. The van der Waals surface area contributed by atoms with Crippen LogP contribution in [0.2, 0.25) is 0 Å². The zero-order valence-corrected chi connectivity index (χ0v) is 11.9. The standard InChI is InChI=1S/C15H19F4NO2/c16-14(17)15(18,19)22-11-7-3-6-10(8-11)12(20)13(21)9-4-1-2-5-9/h3,6-9,12-14,21H,1-2,4-5,20H2/t12-,13+/m0/s1. The van der Waals surface area contributed by atoms with Gasteiger partial charge in [0, 0.05) is 0 Å². The Bertz CT molecular complexity index is 492. The molecule has 0 saturated heterocycles. The minimum Gasteiger partial charge on any atom is -0.428 e. The molecule has 1 fully saturated rings. The van der Waals surface area contributed by atoms with Gasteiger partial charge in [0.05, 0.1) is 12.1 Å². The van der Waals surface area contributed by atoms with Crippen LogP contribution in [0, 0.1) is 5.92 Å². The van der Waals surface area contributed by atoms with E-state index in [1.54, 1.807) is 6.07 Å². The van der Waals surface area contributed by atoms with Gasteiger partial charge in [-0.2, -0.15) is 17.6 Å². The molecule has 0 amide bonds. The molecule has 7 heteroatoms. The van der Waals surface area contributed by atoms with Crippen molar-refractivity contribution in [1.29, 1.82) is 0 Å². The van der Waals surface area contributed by atoms with Crippen LogP contribution in [0.5, 0.6) is 5.75 Å². The van der Waals surface area contributed by atoms with Crippen LogP contribution in [0.1, 0.15) is 37.3 Å². The summed E-state index contributed by atoms with van der Waals surface area (Å²) in [5, 5.41) is 10.2. The van der Waals surface area contributed by atoms with Gasteiger partial charge >= 0.3 is 12.5 Å². The van der Waals surface area contributed by atoms with Crippen molar-refractivity contribution in [2.45, 2.75) is 50.4 Å². The summed E-state index contributed by atoms with van der Waals surface area (Å²) >= 11 is 0. The predicted molar refractivity (Wildman–Crippen MR) is 72.9 cm³/mol. The maximum atomic E-state index is 12.9. The molecule has 2 rings (SSSR count). The van der Waals surface area contributed by atoms with Crippen LogP contribution < -0.4 is 10.5 Å². The van der Waals surface area contributed by atoms with E-state index in [9.17, 15) is 22.7 Å². The van der Waals surface area contributed by atoms with Crippen LogP contribution in [0.4, 0.5) is 17.6 Å². The van der Waals surface area contributed by atoms with E-state index in [1.807, 2.05) is 0 Å². The molecule has 1 aliphatic rings. The van der Waals surface area contributed by atoms with Crippen molar-refractivity contribution in [3.63, 3.8) is 0 Å². The van der Waals surface area contributed by atoms with Gasteiger partial charge in [-0.1, -0.05) is 25.0 Å². The monoisotopic (exact) mass is 321 g/mol. The van der Waals surface area contributed by atoms with E-state index in [0.717, 1.165) is 31.7 Å². The van der Waals surface area contributed by atoms with Gasteiger partial charge in [-0.05, 0) is 36.5 Å². The number of rotatable bonds is 6. The van der Waals surface area contributed by atoms with E-state index in [0.29, 0.717) is 5.56 Å². The minimum atomic E-state index is -4.56. The molecule has 22 heavy (non-hydrogen) atoms. The molecule has 0 unspecified atom stereocenters. The first-order valence-electron chi connectivity index (χ1n) is 7.20. The normalized spacial score (nSPS) is 19.4. The summed E-state index contributed by atoms with van der Waals surface area (Å²) in [7, 11) is 0. The van der Waals surface area contributed by atoms with Gasteiger partial charge in [-0.25, -0.2) is 0 Å². The first kappa shape index (κ1) is 17.0. The molecule has 1 aromatic rings. The Kier molecular flexibility index (Phi) is 5.28. The first-order valence-corrected chi connectivity index (χ1v) is 7.20. The van der Waals surface area contributed by atoms with E-state index >= 15 is 0 Å². The number of benzene rings is 1. The molecule has 0 heterocycles. The largest absolute Gasteiger partial charge is 0.461 e. The Balaban J connectivity index is 2.10. The summed E-state index contributed by atoms with van der Waals surface area (Å²) in [5.74, 6) is -0.334. The number of hydrogen-bond donors (Lipinski definition) is 2. The Hall–Kier alpha value is -1.34. The van der Waals surface area contributed by atoms with Gasteiger partial charge in [0.2, 0.25) is 0 Å². The number of nitrogens with two attached hydrogens (primary N) is 1. The fourth-order valence-electron chi connectivity index (χ4n) is 2.78. The summed E-state index contributed by atoms with van der Waals surface area (Å²) in [4.78, 5) is 0. The van der Waals surface area contributed by atoms with Crippen molar-refractivity contribution in [2.75, 3.05) is 0 Å². The average molecular weight is 321 g/mol. The summed E-state index contributed by atoms with van der Waals surface area (Å²) in [6, 6.07) is 4.48. The van der Waals surface area contributed by atoms with Crippen LogP contribution in [-0.2, 0) is 0 Å². The molecule has 0 spiro atoms. The van der Waals surface area contributed by atoms with Crippen molar-refractivity contribution < 1.29 is 27.4 Å². The van der Waals surface area contributed by atoms with E-state index in [4.69, 9.17) is 5.73 Å². The van der Waals surface area contributed by atoms with Gasteiger partial charge in [-0.15, -0.1) is 0 Å². The van der Waals surface area contributed by atoms with E-state index in [1.165, 1.54) is 12.1 Å². The smallest absolute Gasteiger partial charge is 0.428 e. The Morgan fingerprint density at radius 1 is 1.23 bits per heavy atom. The third-order valence-electron chi connectivity index (χ3n) is 4.00. The van der Waals surface area contributed by atoms with Crippen molar-refractivity contribution >= 4 is 0 Å². The number of ether oxygens (including phenoxy) is 1. The van der Waals surface area contributed by atoms with Crippen LogP contribution in [-0.4, -0.2) is 23.7 Å². The molecular formula is C15H19F4NO2. The summed E-state index contributed by atoms with van der Waals surface area (Å²) in [6.07, 6.45) is -5.49. The molecule has 0 aliphatic heterocycles. The van der Waals surface area contributed by atoms with E-state index in [-0.39, 0.29) is 5.92 Å². The lowest BCUT2D eigenvalue weighted by atomic mass is 9.91. The molecule has 0 bridgehead atoms. The van der Waals surface area contributed by atoms with E-state index < -0.39 is 30.4 Å². The molecule has 0 radical (unpaired) electrons. The summed E-state index contributed by atoms with van der Waals surface area (Å²) in [5.41, 5.74) is 6.35. The van der Waals surface area contributed by atoms with E-state index in [2.05, 4.69) is 4.74 Å². The second-order valence-electron chi connectivity index (χ2n) is 5.60. The van der Waals surface area contributed by atoms with Gasteiger partial charge < -0.3 is 15.6 Å². The molecule has 124 valence electrons. The maximum absolute atomic E-state index is 12.9. The molecule has 3 nitrogen and oxygen atoms in total. The van der Waals surface area contributed by atoms with Gasteiger partial charge in [0.15, 0.2) is 0 Å². The Labute approximate surface area is 126 Å². The van der Waals surface area contributed by atoms with Crippen molar-refractivity contribution in [2.24, 2.45) is 11.7 Å². The predicted octanol–water partition coefficient (Wildman–Crippen LogP) is 3.47. The second kappa shape index (κ2) is 6.83. The topological polar surface area (TPSA) is 55.5 Å². The van der Waals surface area contributed by atoms with Crippen LogP contribution in [0.25, 0.3) is 0 Å². The van der Waals surface area contributed by atoms with Crippen molar-refractivity contribution in [3.05, 3.63) is 29.8 Å². The van der Waals surface area contributed by atoms with Crippen LogP contribution >= 0.6 is 0 Å². The third-order valence-corrected chi connectivity index (χ3v) is 4.00. The highest BCUT2D eigenvalue weighted by molar-refractivity contribution is 5.31. The zero-order chi connectivity index (χ0) is 16.3. The maximum Gasteiger partial charge on any atom is 0.461 e. The fraction of sp³-hybridized carbons (Fsp3) is 0.600. The Morgan fingerprint density at radius 2 is 1.86 bits per heavy atom. The number of aliphatic hydroxyl groups is 1. The zero-order valence-electron chi connectivity index (χ0n) is 11.9. The summed E-state index contributed by atoms with van der Waals surface area (Å²) in [6.45, 7) is 0. The molecule has 3 N–H and O–H groups in total. The van der Waals surface area contributed by atoms with Crippen LogP contribution in [0.3, 0.4) is 0 Å². The second-order valence-corrected chi connectivity index (χ2v) is 5.60. The fourth-order valence-corrected chi connectivity index (χ4v) is 2.78. The number of halogens is 4. The Morgan fingerprint density at radius 3 is 2.45 bits per heavy atom. The highest BCUT2D eigenvalue weighted by Crippen LogP contribution is 2.34. The quantitative estimate of drug-likeness (QED) is 0.789. The number of hydrogen-bond acceptors (Lipinski definition) is 3. The van der Waals surface area contributed by atoms with Gasteiger partial charge in [0.25, 0.3) is 0 Å². The lowest BCUT2D eigenvalue weighted by Crippen LogP contribution is -2.34. The molecule has 2 atom stereocenters. The molecule has 1 aromatic carbocycles. The lowest BCUT2D eigenvalue weighted by molar-refractivity contribution is -0.253. The lowest BCUT2D eigenvalue weighted by Gasteiger charge is -2.25. The molecular weight excluding hydrogens is 302 g/mol. The van der Waals surface area contributed by atoms with Crippen molar-refractivity contribution in [1.82, 2.24) is 0 Å². The molecule has 1 saturated carbocycles. The van der Waals surface area contributed by atoms with Gasteiger partial charge in [-0.3, -0.25) is 0 Å². The molecule has 0 aromatic heterocycles. The minimum absolute atomic E-state index is 0.0714. The number of aliphatic hydroxyl groups excluding tert-OH is 1. The first-order chi connectivity index (χ1) is 10.3. The average Bonchev–Trinajstić information content (AvgIpc) is 2.99. The highest BCUT2D eigenvalue weighted by atomic mass is 19.3. The number of alkyl halides is 4. The van der Waals surface area contributed by atoms with Crippen LogP contribution in [0.15, 0.2) is 24.3 Å². The molecule has 1 aliphatic carbocycles. The highest BCUT2D eigenvalue weighted by Gasteiger charge is 2.44.